The van der Waals surface area contributed by atoms with E-state index in [1.165, 1.54) is 24.3 Å². The summed E-state index contributed by atoms with van der Waals surface area (Å²) in [6, 6.07) is 11.5. The van der Waals surface area contributed by atoms with Gasteiger partial charge in [-0.05, 0) is 62.8 Å². The zero-order valence-electron chi connectivity index (χ0n) is 15.5. The Morgan fingerprint density at radius 1 is 1.19 bits per heavy atom. The summed E-state index contributed by atoms with van der Waals surface area (Å²) >= 11 is 5.20. The van der Waals surface area contributed by atoms with E-state index in [4.69, 9.17) is 12.2 Å². The first-order valence-corrected chi connectivity index (χ1v) is 8.98. The van der Waals surface area contributed by atoms with Gasteiger partial charge in [0.25, 0.3) is 11.6 Å². The molecular formula is C19H22N4O3S. The Morgan fingerprint density at radius 2 is 1.89 bits per heavy atom. The molecule has 8 heteroatoms. The van der Waals surface area contributed by atoms with Gasteiger partial charge >= 0.3 is 0 Å². The molecule has 2 aromatic carbocycles. The van der Waals surface area contributed by atoms with Crippen LogP contribution in [0.1, 0.15) is 29.8 Å². The van der Waals surface area contributed by atoms with Gasteiger partial charge in [0.15, 0.2) is 5.11 Å². The molecule has 0 fully saturated rings. The third kappa shape index (κ3) is 5.24. The summed E-state index contributed by atoms with van der Waals surface area (Å²) in [4.78, 5) is 24.8. The quantitative estimate of drug-likeness (QED) is 0.445. The van der Waals surface area contributed by atoms with Crippen LogP contribution in [0.4, 0.5) is 17.1 Å². The maximum atomic E-state index is 12.3. The van der Waals surface area contributed by atoms with Gasteiger partial charge in [0.1, 0.15) is 0 Å². The van der Waals surface area contributed by atoms with Crippen molar-refractivity contribution >= 4 is 40.3 Å². The number of nitrogens with one attached hydrogen (secondary N) is 2. The van der Waals surface area contributed by atoms with E-state index in [0.29, 0.717) is 0 Å². The molecule has 0 bridgehead atoms. The summed E-state index contributed by atoms with van der Waals surface area (Å²) in [6.07, 6.45) is 0. The summed E-state index contributed by atoms with van der Waals surface area (Å²) in [7, 11) is 0. The minimum atomic E-state index is -0.547. The fourth-order valence-electron chi connectivity index (χ4n) is 2.66. The van der Waals surface area contributed by atoms with Crippen LogP contribution in [-0.4, -0.2) is 29.0 Å². The highest BCUT2D eigenvalue weighted by Crippen LogP contribution is 2.22. The van der Waals surface area contributed by atoms with Crippen LogP contribution in [0.25, 0.3) is 0 Å². The Hall–Kier alpha value is -3.00. The molecule has 0 radical (unpaired) electrons. The molecule has 2 aromatic rings. The van der Waals surface area contributed by atoms with Gasteiger partial charge in [-0.2, -0.15) is 0 Å². The molecule has 2 rings (SSSR count). The second-order valence-corrected chi connectivity index (χ2v) is 6.30. The monoisotopic (exact) mass is 386 g/mol. The molecule has 27 heavy (non-hydrogen) atoms. The number of benzene rings is 2. The zero-order valence-corrected chi connectivity index (χ0v) is 16.3. The van der Waals surface area contributed by atoms with Crippen molar-refractivity contribution in [2.75, 3.05) is 23.3 Å². The molecule has 0 unspecified atom stereocenters. The van der Waals surface area contributed by atoms with Crippen LogP contribution in [-0.2, 0) is 0 Å². The smallest absolute Gasteiger partial charge is 0.270 e. The van der Waals surface area contributed by atoms with Crippen molar-refractivity contribution < 1.29 is 9.72 Å². The Bertz CT molecular complexity index is 866. The number of non-ortho nitro benzene ring substituents is 1. The topological polar surface area (TPSA) is 87.5 Å². The van der Waals surface area contributed by atoms with Crippen molar-refractivity contribution in [2.24, 2.45) is 0 Å². The number of aryl methyl sites for hydroxylation is 1. The van der Waals surface area contributed by atoms with Gasteiger partial charge < -0.3 is 10.2 Å². The Labute approximate surface area is 163 Å². The highest BCUT2D eigenvalue weighted by Gasteiger charge is 2.13. The van der Waals surface area contributed by atoms with E-state index < -0.39 is 10.8 Å². The summed E-state index contributed by atoms with van der Waals surface area (Å²) in [6.45, 7) is 7.99. The van der Waals surface area contributed by atoms with Gasteiger partial charge in [-0.3, -0.25) is 20.2 Å². The van der Waals surface area contributed by atoms with Crippen molar-refractivity contribution in [3.63, 3.8) is 0 Å². The molecule has 2 N–H and O–H groups in total. The van der Waals surface area contributed by atoms with Crippen molar-refractivity contribution in [3.05, 3.63) is 63.7 Å². The molecule has 0 aliphatic carbocycles. The van der Waals surface area contributed by atoms with Crippen molar-refractivity contribution in [1.82, 2.24) is 5.32 Å². The molecule has 0 aromatic heterocycles. The molecule has 0 aliphatic rings. The Balaban J connectivity index is 2.06. The molecule has 0 saturated heterocycles. The molecule has 0 heterocycles. The first-order chi connectivity index (χ1) is 12.8. The number of hydrogen-bond acceptors (Lipinski definition) is 5. The lowest BCUT2D eigenvalue weighted by molar-refractivity contribution is -0.384. The fraction of sp³-hybridized carbons (Fsp3) is 0.263. The molecule has 7 nitrogen and oxygen atoms in total. The molecule has 0 spiro atoms. The first kappa shape index (κ1) is 20.3. The van der Waals surface area contributed by atoms with Crippen molar-refractivity contribution in [3.8, 4) is 0 Å². The number of hydrogen-bond donors (Lipinski definition) is 2. The van der Waals surface area contributed by atoms with Crippen LogP contribution in [0.5, 0.6) is 0 Å². The first-order valence-electron chi connectivity index (χ1n) is 8.58. The summed E-state index contributed by atoms with van der Waals surface area (Å²) in [5, 5.41) is 16.5. The van der Waals surface area contributed by atoms with E-state index in [1.54, 1.807) is 0 Å². The van der Waals surface area contributed by atoms with Crippen molar-refractivity contribution in [1.29, 1.82) is 0 Å². The van der Waals surface area contributed by atoms with Gasteiger partial charge in [0, 0.05) is 42.2 Å². The minimum Gasteiger partial charge on any atom is -0.372 e. The lowest BCUT2D eigenvalue weighted by atomic mass is 10.1. The predicted molar refractivity (Wildman–Crippen MR) is 112 cm³/mol. The van der Waals surface area contributed by atoms with Gasteiger partial charge in [0.05, 0.1) is 4.92 Å². The average Bonchev–Trinajstić information content (AvgIpc) is 2.65. The lowest BCUT2D eigenvalue weighted by Gasteiger charge is -2.22. The maximum Gasteiger partial charge on any atom is 0.270 e. The van der Waals surface area contributed by atoms with Crippen LogP contribution in [0, 0.1) is 17.0 Å². The average molecular weight is 386 g/mol. The van der Waals surface area contributed by atoms with E-state index in [9.17, 15) is 14.9 Å². The Kier molecular flexibility index (Phi) is 6.84. The van der Waals surface area contributed by atoms with E-state index in [-0.39, 0.29) is 16.4 Å². The van der Waals surface area contributed by atoms with Gasteiger partial charge in [-0.25, -0.2) is 0 Å². The zero-order chi connectivity index (χ0) is 20.0. The molecular weight excluding hydrogens is 364 g/mol. The molecule has 0 atom stereocenters. The van der Waals surface area contributed by atoms with E-state index in [1.807, 2.05) is 19.1 Å². The molecule has 0 aliphatic heterocycles. The largest absolute Gasteiger partial charge is 0.372 e. The number of anilines is 2. The van der Waals surface area contributed by atoms with Crippen LogP contribution in [0.2, 0.25) is 0 Å². The predicted octanol–water partition coefficient (Wildman–Crippen LogP) is 3.88. The third-order valence-corrected chi connectivity index (χ3v) is 4.34. The second-order valence-electron chi connectivity index (χ2n) is 5.89. The minimum absolute atomic E-state index is 0.130. The van der Waals surface area contributed by atoms with Crippen LogP contribution >= 0.6 is 12.2 Å². The number of amides is 1. The number of rotatable bonds is 6. The number of thiocarbonyl (C=S) groups is 1. The summed E-state index contributed by atoms with van der Waals surface area (Å²) < 4.78 is 0. The van der Waals surface area contributed by atoms with Crippen molar-refractivity contribution in [2.45, 2.75) is 20.8 Å². The van der Waals surface area contributed by atoms with E-state index in [2.05, 4.69) is 35.4 Å². The number of nitrogens with zero attached hydrogens (tertiary/aromatic N) is 2. The maximum absolute atomic E-state index is 12.3. The second kappa shape index (κ2) is 9.09. The summed E-state index contributed by atoms with van der Waals surface area (Å²) in [5.74, 6) is -0.506. The molecule has 0 saturated carbocycles. The van der Waals surface area contributed by atoms with Crippen LogP contribution < -0.4 is 15.5 Å². The third-order valence-electron chi connectivity index (χ3n) is 4.13. The number of carbonyl (C=O) groups is 1. The van der Waals surface area contributed by atoms with Gasteiger partial charge in [0.2, 0.25) is 0 Å². The van der Waals surface area contributed by atoms with Gasteiger partial charge in [-0.1, -0.05) is 6.07 Å². The van der Waals surface area contributed by atoms with Gasteiger partial charge in [-0.15, -0.1) is 0 Å². The fourth-order valence-corrected chi connectivity index (χ4v) is 2.87. The highest BCUT2D eigenvalue weighted by molar-refractivity contribution is 7.80. The normalized spacial score (nSPS) is 10.2. The van der Waals surface area contributed by atoms with Crippen LogP contribution in [0.15, 0.2) is 42.5 Å². The summed E-state index contributed by atoms with van der Waals surface area (Å²) in [5.41, 5.74) is 2.92. The standard InChI is InChI=1S/C19H22N4O3S/c1-4-22(5-2)15-9-10-17(13(3)11-15)20-19(27)21-18(24)14-7-6-8-16(12-14)23(25)26/h6-12H,4-5H2,1-3H3,(H2,20,21,24,27). The number of carbonyl (C=O) groups excluding carboxylic acids is 1. The lowest BCUT2D eigenvalue weighted by Crippen LogP contribution is -2.34. The van der Waals surface area contributed by atoms with E-state index in [0.717, 1.165) is 30.0 Å². The van der Waals surface area contributed by atoms with E-state index >= 15 is 0 Å². The molecule has 142 valence electrons. The highest BCUT2D eigenvalue weighted by atomic mass is 32.1. The van der Waals surface area contributed by atoms with Crippen LogP contribution in [0.3, 0.4) is 0 Å². The number of nitro benzene ring substituents is 1. The number of nitro groups is 1. The molecule has 1 amide bonds. The SMILES string of the molecule is CCN(CC)c1ccc(NC(=S)NC(=O)c2cccc([N+](=O)[O-])c2)c(C)c1. The Morgan fingerprint density at radius 3 is 2.48 bits per heavy atom.